The average molecular weight is 275 g/mol. The number of methoxy groups -OCH3 is 2. The Kier molecular flexibility index (Phi) is 4.55. The molecule has 0 aliphatic rings. The SMILES string of the molecule is COc1cc(CO)c(-c2cc(CO)ccn2)cc1OC. The molecule has 0 atom stereocenters. The molecule has 0 amide bonds. The molecule has 1 aromatic carbocycles. The fraction of sp³-hybridized carbons (Fsp3) is 0.267. The number of aliphatic hydroxyl groups excluding tert-OH is 2. The van der Waals surface area contributed by atoms with Gasteiger partial charge in [0.1, 0.15) is 0 Å². The zero-order valence-corrected chi connectivity index (χ0v) is 11.5. The number of nitrogens with zero attached hydrogens (tertiary/aromatic N) is 1. The lowest BCUT2D eigenvalue weighted by Crippen LogP contribution is -1.98. The Morgan fingerprint density at radius 1 is 1.00 bits per heavy atom. The van der Waals surface area contributed by atoms with E-state index in [0.29, 0.717) is 22.8 Å². The Labute approximate surface area is 117 Å². The Morgan fingerprint density at radius 2 is 1.70 bits per heavy atom. The van der Waals surface area contributed by atoms with Crippen molar-refractivity contribution in [3.05, 3.63) is 41.6 Å². The number of hydrogen-bond donors (Lipinski definition) is 2. The van der Waals surface area contributed by atoms with Gasteiger partial charge in [0.2, 0.25) is 0 Å². The van der Waals surface area contributed by atoms with Crippen LogP contribution in [0.25, 0.3) is 11.3 Å². The molecule has 0 fully saturated rings. The molecule has 0 aliphatic carbocycles. The molecular formula is C15H17NO4. The van der Waals surface area contributed by atoms with Crippen molar-refractivity contribution in [1.82, 2.24) is 4.98 Å². The first-order valence-electron chi connectivity index (χ1n) is 6.15. The molecule has 2 aromatic rings. The normalized spacial score (nSPS) is 10.4. The predicted molar refractivity (Wildman–Crippen MR) is 74.6 cm³/mol. The minimum atomic E-state index is -0.138. The van der Waals surface area contributed by atoms with Crippen LogP contribution in [-0.4, -0.2) is 29.4 Å². The molecular weight excluding hydrogens is 258 g/mol. The summed E-state index contributed by atoms with van der Waals surface area (Å²) in [4.78, 5) is 4.28. The third-order valence-electron chi connectivity index (χ3n) is 3.06. The maximum atomic E-state index is 9.52. The van der Waals surface area contributed by atoms with Crippen molar-refractivity contribution in [2.45, 2.75) is 13.2 Å². The molecule has 106 valence electrons. The van der Waals surface area contributed by atoms with Crippen LogP contribution in [0.5, 0.6) is 11.5 Å². The van der Waals surface area contributed by atoms with Crippen LogP contribution in [0.4, 0.5) is 0 Å². The molecule has 2 rings (SSSR count). The fourth-order valence-electron chi connectivity index (χ4n) is 2.01. The molecule has 5 heteroatoms. The maximum absolute atomic E-state index is 9.52. The van der Waals surface area contributed by atoms with Crippen molar-refractivity contribution in [2.75, 3.05) is 14.2 Å². The topological polar surface area (TPSA) is 71.8 Å². The Bertz CT molecular complexity index is 598. The van der Waals surface area contributed by atoms with Gasteiger partial charge in [-0.25, -0.2) is 0 Å². The minimum Gasteiger partial charge on any atom is -0.493 e. The second-order valence-corrected chi connectivity index (χ2v) is 4.23. The molecule has 1 aromatic heterocycles. The quantitative estimate of drug-likeness (QED) is 0.869. The van der Waals surface area contributed by atoms with Gasteiger partial charge in [-0.15, -0.1) is 0 Å². The first-order chi connectivity index (χ1) is 9.73. The van der Waals surface area contributed by atoms with E-state index in [1.54, 1.807) is 44.7 Å². The second kappa shape index (κ2) is 6.36. The third kappa shape index (κ3) is 2.74. The number of ether oxygens (including phenoxy) is 2. The molecule has 0 saturated heterocycles. The van der Waals surface area contributed by atoms with Gasteiger partial charge in [0.05, 0.1) is 33.1 Å². The summed E-state index contributed by atoms with van der Waals surface area (Å²) in [6.07, 6.45) is 1.62. The lowest BCUT2D eigenvalue weighted by molar-refractivity contribution is 0.280. The van der Waals surface area contributed by atoms with Crippen molar-refractivity contribution < 1.29 is 19.7 Å². The molecule has 2 N–H and O–H groups in total. The van der Waals surface area contributed by atoms with E-state index in [4.69, 9.17) is 9.47 Å². The molecule has 5 nitrogen and oxygen atoms in total. The number of rotatable bonds is 5. The van der Waals surface area contributed by atoms with E-state index in [9.17, 15) is 10.2 Å². The Balaban J connectivity index is 2.59. The summed E-state index contributed by atoms with van der Waals surface area (Å²) in [5.74, 6) is 1.12. The third-order valence-corrected chi connectivity index (χ3v) is 3.06. The smallest absolute Gasteiger partial charge is 0.161 e. The van der Waals surface area contributed by atoms with Crippen molar-refractivity contribution >= 4 is 0 Å². The van der Waals surface area contributed by atoms with Gasteiger partial charge in [0, 0.05) is 11.8 Å². The van der Waals surface area contributed by atoms with Gasteiger partial charge >= 0.3 is 0 Å². The van der Waals surface area contributed by atoms with Gasteiger partial charge in [-0.2, -0.15) is 0 Å². The molecule has 1 heterocycles. The summed E-state index contributed by atoms with van der Waals surface area (Å²) < 4.78 is 10.5. The minimum absolute atomic E-state index is 0.0583. The first kappa shape index (κ1) is 14.3. The summed E-state index contributed by atoms with van der Waals surface area (Å²) in [6, 6.07) is 7.01. The number of pyridine rings is 1. The Morgan fingerprint density at radius 3 is 2.30 bits per heavy atom. The van der Waals surface area contributed by atoms with Gasteiger partial charge in [-0.1, -0.05) is 0 Å². The van der Waals surface area contributed by atoms with Gasteiger partial charge in [0.25, 0.3) is 0 Å². The number of benzene rings is 1. The van der Waals surface area contributed by atoms with Crippen LogP contribution >= 0.6 is 0 Å². The highest BCUT2D eigenvalue weighted by molar-refractivity contribution is 5.68. The van der Waals surface area contributed by atoms with E-state index in [0.717, 1.165) is 11.1 Å². The summed E-state index contributed by atoms with van der Waals surface area (Å²) >= 11 is 0. The zero-order chi connectivity index (χ0) is 14.5. The van der Waals surface area contributed by atoms with Crippen LogP contribution in [0.15, 0.2) is 30.5 Å². The van der Waals surface area contributed by atoms with Crippen molar-refractivity contribution in [3.8, 4) is 22.8 Å². The van der Waals surface area contributed by atoms with Crippen LogP contribution in [0.3, 0.4) is 0 Å². The highest BCUT2D eigenvalue weighted by Crippen LogP contribution is 2.35. The summed E-state index contributed by atoms with van der Waals surface area (Å²) in [7, 11) is 3.10. The highest BCUT2D eigenvalue weighted by atomic mass is 16.5. The lowest BCUT2D eigenvalue weighted by atomic mass is 10.0. The fourth-order valence-corrected chi connectivity index (χ4v) is 2.01. The van der Waals surface area contributed by atoms with E-state index in [1.807, 2.05) is 0 Å². The van der Waals surface area contributed by atoms with E-state index < -0.39 is 0 Å². The average Bonchev–Trinajstić information content (AvgIpc) is 2.53. The van der Waals surface area contributed by atoms with E-state index >= 15 is 0 Å². The second-order valence-electron chi connectivity index (χ2n) is 4.23. The van der Waals surface area contributed by atoms with Gasteiger partial charge in [-0.05, 0) is 35.4 Å². The van der Waals surface area contributed by atoms with Crippen molar-refractivity contribution in [3.63, 3.8) is 0 Å². The van der Waals surface area contributed by atoms with Crippen LogP contribution < -0.4 is 9.47 Å². The largest absolute Gasteiger partial charge is 0.493 e. The monoisotopic (exact) mass is 275 g/mol. The molecule has 0 aliphatic heterocycles. The molecule has 0 saturated carbocycles. The van der Waals surface area contributed by atoms with Crippen LogP contribution in [-0.2, 0) is 13.2 Å². The van der Waals surface area contributed by atoms with E-state index in [-0.39, 0.29) is 13.2 Å². The molecule has 0 bridgehead atoms. The summed E-state index contributed by atoms with van der Waals surface area (Å²) in [5.41, 5.74) is 2.86. The molecule has 20 heavy (non-hydrogen) atoms. The van der Waals surface area contributed by atoms with E-state index in [2.05, 4.69) is 4.98 Å². The number of aromatic nitrogens is 1. The van der Waals surface area contributed by atoms with Crippen LogP contribution in [0.2, 0.25) is 0 Å². The van der Waals surface area contributed by atoms with Gasteiger partial charge in [-0.3, -0.25) is 4.98 Å². The van der Waals surface area contributed by atoms with Crippen molar-refractivity contribution in [2.24, 2.45) is 0 Å². The predicted octanol–water partition coefficient (Wildman–Crippen LogP) is 1.75. The molecule has 0 spiro atoms. The summed E-state index contributed by atoms with van der Waals surface area (Å²) in [5, 5.41) is 18.7. The van der Waals surface area contributed by atoms with Crippen LogP contribution in [0, 0.1) is 0 Å². The highest BCUT2D eigenvalue weighted by Gasteiger charge is 2.13. The Hall–Kier alpha value is -2.11. The lowest BCUT2D eigenvalue weighted by Gasteiger charge is -2.13. The van der Waals surface area contributed by atoms with Crippen molar-refractivity contribution in [1.29, 1.82) is 0 Å². The maximum Gasteiger partial charge on any atom is 0.161 e. The number of hydrogen-bond acceptors (Lipinski definition) is 5. The number of aliphatic hydroxyl groups is 2. The zero-order valence-electron chi connectivity index (χ0n) is 11.5. The van der Waals surface area contributed by atoms with Crippen LogP contribution in [0.1, 0.15) is 11.1 Å². The molecule has 0 unspecified atom stereocenters. The van der Waals surface area contributed by atoms with Gasteiger partial charge < -0.3 is 19.7 Å². The standard InChI is InChI=1S/C15H17NO4/c1-19-14-6-11(9-18)12(7-15(14)20-2)13-5-10(8-17)3-4-16-13/h3-7,17-18H,8-9H2,1-2H3. The van der Waals surface area contributed by atoms with E-state index in [1.165, 1.54) is 0 Å². The summed E-state index contributed by atoms with van der Waals surface area (Å²) in [6.45, 7) is -0.196. The van der Waals surface area contributed by atoms with Gasteiger partial charge in [0.15, 0.2) is 11.5 Å². The first-order valence-corrected chi connectivity index (χ1v) is 6.15. The molecule has 0 radical (unpaired) electrons.